The lowest BCUT2D eigenvalue weighted by Gasteiger charge is -2.31. The van der Waals surface area contributed by atoms with Crippen molar-refractivity contribution in [2.75, 3.05) is 19.7 Å². The summed E-state index contributed by atoms with van der Waals surface area (Å²) >= 11 is 0. The fraction of sp³-hybridized carbons (Fsp3) is 0.529. The van der Waals surface area contributed by atoms with Crippen LogP contribution in [0.5, 0.6) is 5.75 Å². The van der Waals surface area contributed by atoms with Crippen molar-refractivity contribution in [3.63, 3.8) is 0 Å². The number of phenolic OH excluding ortho intramolecular Hbond substituents is 1. The second-order valence-corrected chi connectivity index (χ2v) is 5.72. The maximum atomic E-state index is 12.5. The number of piperidine rings is 1. The smallest absolute Gasteiger partial charge is 0.309 e. The molecule has 2 rings (SSSR count). The van der Waals surface area contributed by atoms with E-state index < -0.39 is 0 Å². The molecule has 1 aromatic carbocycles. The summed E-state index contributed by atoms with van der Waals surface area (Å²) in [6.45, 7) is 6.89. The van der Waals surface area contributed by atoms with Gasteiger partial charge in [-0.2, -0.15) is 0 Å². The first-order valence-corrected chi connectivity index (χ1v) is 7.70. The monoisotopic (exact) mass is 305 g/mol. The molecule has 0 aliphatic carbocycles. The standard InChI is InChI=1S/C17H23NO4/c1-4-22-17(21)13-7-9-18(10-8-13)16(20)14-6-5-11(2)12(3)15(14)19/h5-6,13,19H,4,7-10H2,1-3H3. The molecule has 1 saturated heterocycles. The summed E-state index contributed by atoms with van der Waals surface area (Å²) < 4.78 is 5.03. The molecule has 0 bridgehead atoms. The average molecular weight is 305 g/mol. The van der Waals surface area contributed by atoms with Crippen LogP contribution in [0.2, 0.25) is 0 Å². The van der Waals surface area contributed by atoms with Crippen LogP contribution < -0.4 is 0 Å². The molecule has 0 radical (unpaired) electrons. The first-order valence-electron chi connectivity index (χ1n) is 7.70. The molecule has 120 valence electrons. The Morgan fingerprint density at radius 1 is 1.27 bits per heavy atom. The highest BCUT2D eigenvalue weighted by Gasteiger charge is 2.29. The summed E-state index contributed by atoms with van der Waals surface area (Å²) in [6.07, 6.45) is 1.21. The van der Waals surface area contributed by atoms with Crippen molar-refractivity contribution in [1.29, 1.82) is 0 Å². The Balaban J connectivity index is 2.04. The van der Waals surface area contributed by atoms with Crippen molar-refractivity contribution in [2.24, 2.45) is 5.92 Å². The number of ether oxygens (including phenoxy) is 1. The van der Waals surface area contributed by atoms with Gasteiger partial charge in [0, 0.05) is 13.1 Å². The fourth-order valence-corrected chi connectivity index (χ4v) is 2.72. The largest absolute Gasteiger partial charge is 0.507 e. The highest BCUT2D eigenvalue weighted by molar-refractivity contribution is 5.97. The zero-order valence-corrected chi connectivity index (χ0v) is 13.4. The number of hydrogen-bond donors (Lipinski definition) is 1. The Hall–Kier alpha value is -2.04. The summed E-state index contributed by atoms with van der Waals surface area (Å²) in [5.41, 5.74) is 2.01. The number of carbonyl (C=O) groups excluding carboxylic acids is 2. The van der Waals surface area contributed by atoms with Crippen LogP contribution in [0.4, 0.5) is 0 Å². The lowest BCUT2D eigenvalue weighted by molar-refractivity contribution is -0.149. The molecule has 0 unspecified atom stereocenters. The molecule has 5 nitrogen and oxygen atoms in total. The van der Waals surface area contributed by atoms with E-state index in [0.29, 0.717) is 38.1 Å². The molecule has 1 aliphatic heterocycles. The lowest BCUT2D eigenvalue weighted by atomic mass is 9.96. The fourth-order valence-electron chi connectivity index (χ4n) is 2.72. The second-order valence-electron chi connectivity index (χ2n) is 5.72. The number of phenols is 1. The number of aromatic hydroxyl groups is 1. The third-order valence-electron chi connectivity index (χ3n) is 4.33. The van der Waals surface area contributed by atoms with E-state index in [2.05, 4.69) is 0 Å². The maximum Gasteiger partial charge on any atom is 0.309 e. The van der Waals surface area contributed by atoms with Crippen LogP contribution in [0.3, 0.4) is 0 Å². The van der Waals surface area contributed by atoms with Gasteiger partial charge in [-0.1, -0.05) is 6.07 Å². The van der Waals surface area contributed by atoms with Crippen molar-refractivity contribution in [3.8, 4) is 5.75 Å². The predicted molar refractivity (Wildman–Crippen MR) is 82.8 cm³/mol. The van der Waals surface area contributed by atoms with E-state index in [9.17, 15) is 14.7 Å². The first kappa shape index (κ1) is 16.3. The van der Waals surface area contributed by atoms with E-state index in [4.69, 9.17) is 4.74 Å². The van der Waals surface area contributed by atoms with Gasteiger partial charge in [0.05, 0.1) is 18.1 Å². The highest BCUT2D eigenvalue weighted by Crippen LogP contribution is 2.28. The van der Waals surface area contributed by atoms with Crippen molar-refractivity contribution >= 4 is 11.9 Å². The molecule has 1 fully saturated rings. The van der Waals surface area contributed by atoms with Gasteiger partial charge in [-0.3, -0.25) is 9.59 Å². The molecule has 0 atom stereocenters. The number of hydrogen-bond acceptors (Lipinski definition) is 4. The molecule has 1 aliphatic rings. The predicted octanol–water partition coefficient (Wildman–Crippen LogP) is 2.42. The minimum absolute atomic E-state index is 0.0533. The van der Waals surface area contributed by atoms with E-state index in [1.165, 1.54) is 0 Å². The summed E-state index contributed by atoms with van der Waals surface area (Å²) in [7, 11) is 0. The zero-order valence-electron chi connectivity index (χ0n) is 13.4. The molecule has 0 saturated carbocycles. The van der Waals surface area contributed by atoms with E-state index in [1.54, 1.807) is 24.8 Å². The van der Waals surface area contributed by atoms with Gasteiger partial charge >= 0.3 is 5.97 Å². The average Bonchev–Trinajstić information content (AvgIpc) is 2.52. The van der Waals surface area contributed by atoms with Crippen LogP contribution in [-0.2, 0) is 9.53 Å². The number of aryl methyl sites for hydroxylation is 1. The highest BCUT2D eigenvalue weighted by atomic mass is 16.5. The molecule has 5 heteroatoms. The minimum atomic E-state index is -0.178. The number of rotatable bonds is 3. The molecular formula is C17H23NO4. The Labute approximate surface area is 130 Å². The Morgan fingerprint density at radius 3 is 2.50 bits per heavy atom. The number of esters is 1. The summed E-state index contributed by atoms with van der Waals surface area (Å²) in [6, 6.07) is 3.51. The maximum absolute atomic E-state index is 12.5. The molecule has 1 amide bonds. The molecule has 1 N–H and O–H groups in total. The SMILES string of the molecule is CCOC(=O)C1CCN(C(=O)c2ccc(C)c(C)c2O)CC1. The third-order valence-corrected chi connectivity index (χ3v) is 4.33. The Bertz CT molecular complexity index is 574. The molecule has 22 heavy (non-hydrogen) atoms. The van der Waals surface area contributed by atoms with Crippen LogP contribution in [0.25, 0.3) is 0 Å². The number of benzene rings is 1. The Kier molecular flexibility index (Phi) is 5.06. The van der Waals surface area contributed by atoms with Crippen molar-refractivity contribution in [3.05, 3.63) is 28.8 Å². The molecular weight excluding hydrogens is 282 g/mol. The molecule has 1 heterocycles. The minimum Gasteiger partial charge on any atom is -0.507 e. The van der Waals surface area contributed by atoms with E-state index in [1.807, 2.05) is 13.0 Å². The van der Waals surface area contributed by atoms with Crippen molar-refractivity contribution in [2.45, 2.75) is 33.6 Å². The number of nitrogens with zero attached hydrogens (tertiary/aromatic N) is 1. The first-order chi connectivity index (χ1) is 10.5. The third kappa shape index (κ3) is 3.24. The van der Waals surface area contributed by atoms with Gasteiger partial charge < -0.3 is 14.7 Å². The lowest BCUT2D eigenvalue weighted by Crippen LogP contribution is -2.40. The number of carbonyl (C=O) groups is 2. The Morgan fingerprint density at radius 2 is 1.91 bits per heavy atom. The van der Waals surface area contributed by atoms with E-state index in [-0.39, 0.29) is 23.5 Å². The van der Waals surface area contributed by atoms with Gasteiger partial charge in [-0.25, -0.2) is 0 Å². The number of likely N-dealkylation sites (tertiary alicyclic amines) is 1. The molecule has 1 aromatic rings. The van der Waals surface area contributed by atoms with Crippen molar-refractivity contribution in [1.82, 2.24) is 4.90 Å². The molecule has 0 aromatic heterocycles. The second kappa shape index (κ2) is 6.81. The van der Waals surface area contributed by atoms with Gasteiger partial charge in [-0.15, -0.1) is 0 Å². The van der Waals surface area contributed by atoms with E-state index >= 15 is 0 Å². The summed E-state index contributed by atoms with van der Waals surface area (Å²) in [5.74, 6) is -0.429. The summed E-state index contributed by atoms with van der Waals surface area (Å²) in [4.78, 5) is 25.9. The quantitative estimate of drug-likeness (QED) is 0.871. The van der Waals surface area contributed by atoms with Gasteiger partial charge in [0.2, 0.25) is 0 Å². The van der Waals surface area contributed by atoms with Crippen LogP contribution in [0.15, 0.2) is 12.1 Å². The van der Waals surface area contributed by atoms with Crippen molar-refractivity contribution < 1.29 is 19.4 Å². The zero-order chi connectivity index (χ0) is 16.3. The number of amides is 1. The van der Waals surface area contributed by atoms with Crippen LogP contribution in [-0.4, -0.2) is 41.6 Å². The molecule has 0 spiro atoms. The van der Waals surface area contributed by atoms with Crippen LogP contribution in [0, 0.1) is 19.8 Å². The summed E-state index contributed by atoms with van der Waals surface area (Å²) in [5, 5.41) is 10.2. The van der Waals surface area contributed by atoms with Gasteiger partial charge in [0.15, 0.2) is 0 Å². The van der Waals surface area contributed by atoms with E-state index in [0.717, 1.165) is 11.1 Å². The topological polar surface area (TPSA) is 66.8 Å². The van der Waals surface area contributed by atoms with Crippen LogP contribution >= 0.6 is 0 Å². The van der Waals surface area contributed by atoms with Gasteiger partial charge in [-0.05, 0) is 50.8 Å². The van der Waals surface area contributed by atoms with Crippen LogP contribution in [0.1, 0.15) is 41.3 Å². The normalized spacial score (nSPS) is 15.7. The van der Waals surface area contributed by atoms with Gasteiger partial charge in [0.1, 0.15) is 5.75 Å². The van der Waals surface area contributed by atoms with Gasteiger partial charge in [0.25, 0.3) is 5.91 Å².